The Kier molecular flexibility index (Phi) is 3.66. The van der Waals surface area contributed by atoms with Gasteiger partial charge in [0.2, 0.25) is 0 Å². The first-order chi connectivity index (χ1) is 12.2. The van der Waals surface area contributed by atoms with Gasteiger partial charge in [-0.1, -0.05) is 30.3 Å². The number of rotatable bonds is 3. The van der Waals surface area contributed by atoms with Crippen molar-refractivity contribution in [3.05, 3.63) is 77.9 Å². The van der Waals surface area contributed by atoms with Gasteiger partial charge in [0.15, 0.2) is 0 Å². The Morgan fingerprint density at radius 3 is 2.60 bits per heavy atom. The lowest BCUT2D eigenvalue weighted by Gasteiger charge is -2.08. The molecule has 124 valence electrons. The lowest BCUT2D eigenvalue weighted by molar-refractivity contribution is 0.0701. The fourth-order valence-corrected chi connectivity index (χ4v) is 3.07. The zero-order chi connectivity index (χ0) is 17.4. The number of para-hydroxylation sites is 1. The van der Waals surface area contributed by atoms with Crippen molar-refractivity contribution in [2.24, 2.45) is 0 Å². The van der Waals surface area contributed by atoms with E-state index in [1.54, 1.807) is 29.9 Å². The van der Waals surface area contributed by atoms with Crippen molar-refractivity contribution in [1.29, 1.82) is 0 Å². The monoisotopic (exact) mass is 335 g/mol. The Hall–Kier alpha value is -3.25. The molecule has 0 aliphatic carbocycles. The maximum atomic E-state index is 13.2. The van der Waals surface area contributed by atoms with E-state index in [1.165, 1.54) is 12.1 Å². The van der Waals surface area contributed by atoms with Crippen LogP contribution in [0.25, 0.3) is 21.8 Å². The number of benzene rings is 2. The van der Waals surface area contributed by atoms with Crippen molar-refractivity contribution in [2.45, 2.75) is 6.54 Å². The third-order valence-corrected chi connectivity index (χ3v) is 4.25. The molecule has 4 rings (SSSR count). The molecule has 0 saturated heterocycles. The van der Waals surface area contributed by atoms with Crippen molar-refractivity contribution in [1.82, 2.24) is 15.0 Å². The molecule has 5 nitrogen and oxygen atoms in total. The van der Waals surface area contributed by atoms with Gasteiger partial charge in [-0.25, -0.2) is 14.9 Å². The second-order valence-electron chi connectivity index (χ2n) is 5.76. The Balaban J connectivity index is 1.92. The molecule has 0 atom stereocenters. The number of aromatic nitrogens is 2. The van der Waals surface area contributed by atoms with E-state index < -0.39 is 5.91 Å². The maximum absolute atomic E-state index is 13.2. The fourth-order valence-electron chi connectivity index (χ4n) is 3.07. The van der Waals surface area contributed by atoms with Gasteiger partial charge in [-0.2, -0.15) is 0 Å². The molecule has 6 heteroatoms. The zero-order valence-corrected chi connectivity index (χ0v) is 13.1. The number of carbonyl (C=O) groups excluding carboxylic acids is 1. The van der Waals surface area contributed by atoms with Gasteiger partial charge in [0, 0.05) is 22.8 Å². The van der Waals surface area contributed by atoms with E-state index in [2.05, 4.69) is 9.55 Å². The summed E-state index contributed by atoms with van der Waals surface area (Å²) in [4.78, 5) is 15.8. The highest BCUT2D eigenvalue weighted by Gasteiger charge is 2.14. The summed E-state index contributed by atoms with van der Waals surface area (Å²) in [6.07, 6.45) is 1.61. The van der Waals surface area contributed by atoms with Gasteiger partial charge < -0.3 is 4.57 Å². The Bertz CT molecular complexity index is 1090. The average molecular weight is 335 g/mol. The first kappa shape index (κ1) is 15.3. The van der Waals surface area contributed by atoms with Crippen LogP contribution in [-0.4, -0.2) is 20.7 Å². The Labute approximate surface area is 142 Å². The molecule has 4 aromatic rings. The molecule has 1 amide bonds. The molecule has 0 fully saturated rings. The van der Waals surface area contributed by atoms with Crippen LogP contribution in [0.5, 0.6) is 0 Å². The van der Waals surface area contributed by atoms with Gasteiger partial charge in [0.25, 0.3) is 5.91 Å². The number of amides is 1. The Morgan fingerprint density at radius 2 is 1.84 bits per heavy atom. The van der Waals surface area contributed by atoms with E-state index in [9.17, 15) is 9.18 Å². The minimum atomic E-state index is -0.655. The molecule has 2 heterocycles. The van der Waals surface area contributed by atoms with Crippen LogP contribution >= 0.6 is 0 Å². The number of carbonyl (C=O) groups is 1. The zero-order valence-electron chi connectivity index (χ0n) is 13.1. The highest BCUT2D eigenvalue weighted by atomic mass is 19.1. The first-order valence-corrected chi connectivity index (χ1v) is 7.73. The molecule has 2 aromatic carbocycles. The smallest absolute Gasteiger partial charge is 0.293 e. The van der Waals surface area contributed by atoms with E-state index in [0.29, 0.717) is 6.54 Å². The van der Waals surface area contributed by atoms with Gasteiger partial charge >= 0.3 is 0 Å². The van der Waals surface area contributed by atoms with Crippen molar-refractivity contribution < 1.29 is 14.4 Å². The van der Waals surface area contributed by atoms with E-state index >= 15 is 0 Å². The number of fused-ring (bicyclic) bond motifs is 3. The molecule has 0 bridgehead atoms. The number of nitrogens with one attached hydrogen (secondary N) is 1. The third-order valence-electron chi connectivity index (χ3n) is 4.25. The second-order valence-corrected chi connectivity index (χ2v) is 5.76. The van der Waals surface area contributed by atoms with Crippen LogP contribution in [0.3, 0.4) is 0 Å². The predicted molar refractivity (Wildman–Crippen MR) is 92.0 cm³/mol. The van der Waals surface area contributed by atoms with Crippen LogP contribution in [0.15, 0.2) is 60.8 Å². The summed E-state index contributed by atoms with van der Waals surface area (Å²) in [5, 5.41) is 10.7. The summed E-state index contributed by atoms with van der Waals surface area (Å²) in [7, 11) is 0. The number of hydrogen-bond acceptors (Lipinski definition) is 3. The van der Waals surface area contributed by atoms with Gasteiger partial charge in [0.05, 0.1) is 11.7 Å². The second kappa shape index (κ2) is 5.99. The lowest BCUT2D eigenvalue weighted by Crippen LogP contribution is -2.19. The largest absolute Gasteiger partial charge is 0.335 e. The van der Waals surface area contributed by atoms with E-state index in [1.807, 2.05) is 24.3 Å². The molecule has 2 aromatic heterocycles. The topological polar surface area (TPSA) is 67.2 Å². The molecule has 0 spiro atoms. The summed E-state index contributed by atoms with van der Waals surface area (Å²) < 4.78 is 15.2. The standard InChI is InChI=1S/C19H14FN3O2/c20-13-7-5-12(6-8-13)11-23-17-4-2-1-3-14(17)15-9-16(19(24)22-25)21-10-18(15)23/h1-10,25H,11H2,(H,22,24). The number of hydrogen-bond donors (Lipinski definition) is 2. The van der Waals surface area contributed by atoms with Crippen LogP contribution in [0.2, 0.25) is 0 Å². The molecule has 25 heavy (non-hydrogen) atoms. The molecular weight excluding hydrogens is 321 g/mol. The summed E-state index contributed by atoms with van der Waals surface area (Å²) >= 11 is 0. The molecule has 0 radical (unpaired) electrons. The number of hydroxylamine groups is 1. The van der Waals surface area contributed by atoms with Crippen molar-refractivity contribution in [3.8, 4) is 0 Å². The van der Waals surface area contributed by atoms with E-state index in [4.69, 9.17) is 5.21 Å². The van der Waals surface area contributed by atoms with Gasteiger partial charge in [-0.15, -0.1) is 0 Å². The van der Waals surface area contributed by atoms with Crippen LogP contribution in [0.1, 0.15) is 16.1 Å². The fraction of sp³-hybridized carbons (Fsp3) is 0.0526. The minimum Gasteiger partial charge on any atom is -0.335 e. The quantitative estimate of drug-likeness (QED) is 0.445. The molecule has 0 aliphatic rings. The molecular formula is C19H14FN3O2. The van der Waals surface area contributed by atoms with Crippen LogP contribution in [-0.2, 0) is 6.54 Å². The molecule has 2 N–H and O–H groups in total. The highest BCUT2D eigenvalue weighted by Crippen LogP contribution is 2.29. The van der Waals surface area contributed by atoms with E-state index in [0.717, 1.165) is 27.4 Å². The summed E-state index contributed by atoms with van der Waals surface area (Å²) in [5.74, 6) is -0.926. The lowest BCUT2D eigenvalue weighted by atomic mass is 10.1. The molecule has 0 unspecified atom stereocenters. The number of halogens is 1. The molecule has 0 saturated carbocycles. The summed E-state index contributed by atoms with van der Waals surface area (Å²) in [5.41, 5.74) is 4.55. The Morgan fingerprint density at radius 1 is 1.08 bits per heavy atom. The normalized spacial score (nSPS) is 11.1. The summed E-state index contributed by atoms with van der Waals surface area (Å²) in [6.45, 7) is 0.553. The van der Waals surface area contributed by atoms with Crippen LogP contribution < -0.4 is 5.48 Å². The van der Waals surface area contributed by atoms with Gasteiger partial charge in [-0.3, -0.25) is 10.0 Å². The number of nitrogens with zero attached hydrogens (tertiary/aromatic N) is 2. The van der Waals surface area contributed by atoms with Crippen LogP contribution in [0, 0.1) is 5.82 Å². The SMILES string of the molecule is O=C(NO)c1cc2c3ccccc3n(Cc3ccc(F)cc3)c2cn1. The summed E-state index contributed by atoms with van der Waals surface area (Å²) in [6, 6.07) is 15.9. The predicted octanol–water partition coefficient (Wildman–Crippen LogP) is 3.50. The van der Waals surface area contributed by atoms with Crippen molar-refractivity contribution >= 4 is 27.7 Å². The van der Waals surface area contributed by atoms with Crippen molar-refractivity contribution in [2.75, 3.05) is 0 Å². The van der Waals surface area contributed by atoms with Gasteiger partial charge in [0.1, 0.15) is 11.5 Å². The maximum Gasteiger partial charge on any atom is 0.293 e. The van der Waals surface area contributed by atoms with Crippen LogP contribution in [0.4, 0.5) is 4.39 Å². The first-order valence-electron chi connectivity index (χ1n) is 7.73. The number of pyridine rings is 1. The van der Waals surface area contributed by atoms with Gasteiger partial charge in [-0.05, 0) is 29.8 Å². The highest BCUT2D eigenvalue weighted by molar-refractivity contribution is 6.09. The van der Waals surface area contributed by atoms with Crippen molar-refractivity contribution in [3.63, 3.8) is 0 Å². The molecule has 0 aliphatic heterocycles. The van der Waals surface area contributed by atoms with E-state index in [-0.39, 0.29) is 11.5 Å². The minimum absolute atomic E-state index is 0.139. The third kappa shape index (κ3) is 2.62. The average Bonchev–Trinajstić information content (AvgIpc) is 2.96.